The summed E-state index contributed by atoms with van der Waals surface area (Å²) in [6.07, 6.45) is 0.771. The van der Waals surface area contributed by atoms with Crippen LogP contribution in [0.15, 0.2) is 29.2 Å². The maximum atomic E-state index is 12.0. The molecule has 4 heteroatoms. The van der Waals surface area contributed by atoms with Gasteiger partial charge < -0.3 is 9.47 Å². The van der Waals surface area contributed by atoms with Crippen molar-refractivity contribution in [1.82, 2.24) is 0 Å². The van der Waals surface area contributed by atoms with Gasteiger partial charge in [-0.05, 0) is 44.5 Å². The summed E-state index contributed by atoms with van der Waals surface area (Å²) in [5.74, 6) is 2.67. The lowest BCUT2D eigenvalue weighted by Crippen LogP contribution is -2.28. The van der Waals surface area contributed by atoms with E-state index in [4.69, 9.17) is 9.47 Å². The summed E-state index contributed by atoms with van der Waals surface area (Å²) in [7, 11) is 0.287. The fourth-order valence-corrected chi connectivity index (χ4v) is 3.68. The summed E-state index contributed by atoms with van der Waals surface area (Å²) in [4.78, 5) is 13.4. The molecule has 0 N–H and O–H groups in total. The first-order valence-electron chi connectivity index (χ1n) is 7.10. The smallest absolute Gasteiger partial charge is 0.316 e. The Morgan fingerprint density at radius 1 is 1.25 bits per heavy atom. The van der Waals surface area contributed by atoms with E-state index in [1.807, 2.05) is 32.9 Å². The molecule has 0 aromatic heterocycles. The lowest BCUT2D eigenvalue weighted by molar-refractivity contribution is -0.144. The molecule has 0 atom stereocenters. The molecule has 0 radical (unpaired) electrons. The highest BCUT2D eigenvalue weighted by molar-refractivity contribution is 7.97. The van der Waals surface area contributed by atoms with E-state index in [0.29, 0.717) is 5.75 Å². The van der Waals surface area contributed by atoms with E-state index >= 15 is 0 Å². The van der Waals surface area contributed by atoms with Gasteiger partial charge in [0.1, 0.15) is 17.3 Å². The molecule has 110 valence electrons. The molecule has 2 rings (SSSR count). The third-order valence-electron chi connectivity index (χ3n) is 3.75. The van der Waals surface area contributed by atoms with Crippen LogP contribution in [0.1, 0.15) is 27.2 Å². The monoisotopic (exact) mass is 295 g/mol. The average Bonchev–Trinajstić information content (AvgIpc) is 2.49. The first kappa shape index (κ1) is 15.4. The molecule has 1 aromatic rings. The van der Waals surface area contributed by atoms with E-state index in [1.54, 1.807) is 0 Å². The van der Waals surface area contributed by atoms with Crippen LogP contribution in [0, 0.1) is 5.41 Å². The summed E-state index contributed by atoms with van der Waals surface area (Å²) in [6.45, 7) is 7.52. The van der Waals surface area contributed by atoms with Crippen LogP contribution >= 0.6 is 0 Å². The third kappa shape index (κ3) is 3.76. The minimum atomic E-state index is -0.429. The number of hydrogen-bond donors (Lipinski definition) is 0. The highest BCUT2D eigenvalue weighted by atomic mass is 32.2. The minimum absolute atomic E-state index is 0.165. The van der Waals surface area contributed by atoms with Gasteiger partial charge in [-0.1, -0.05) is 6.92 Å². The number of esters is 1. The molecule has 1 aliphatic heterocycles. The molecule has 0 amide bonds. The number of ether oxygens (including phenoxy) is 2. The van der Waals surface area contributed by atoms with Crippen molar-refractivity contribution in [1.29, 1.82) is 0 Å². The van der Waals surface area contributed by atoms with Crippen molar-refractivity contribution in [2.24, 2.45) is 5.41 Å². The first-order chi connectivity index (χ1) is 9.53. The number of benzene rings is 1. The van der Waals surface area contributed by atoms with Gasteiger partial charge in [0, 0.05) is 10.9 Å². The Balaban J connectivity index is 1.99. The number of carbonyl (C=O) groups excluding carboxylic acids is 1. The Labute approximate surface area is 124 Å². The molecule has 0 saturated carbocycles. The third-order valence-corrected chi connectivity index (χ3v) is 6.01. The maximum absolute atomic E-state index is 12.0. The normalized spacial score (nSPS) is 16.9. The summed E-state index contributed by atoms with van der Waals surface area (Å²) in [5.41, 5.74) is -0.429. The number of rotatable bonds is 4. The zero-order valence-electron chi connectivity index (χ0n) is 12.5. The first-order valence-corrected chi connectivity index (χ1v) is 8.67. The molecular weight excluding hydrogens is 272 g/mol. The molecule has 3 nitrogen and oxygen atoms in total. The maximum Gasteiger partial charge on any atom is 0.316 e. The Morgan fingerprint density at radius 2 is 1.85 bits per heavy atom. The molecule has 0 unspecified atom stereocenters. The topological polar surface area (TPSA) is 35.5 Å². The van der Waals surface area contributed by atoms with Gasteiger partial charge in [-0.2, -0.15) is 0 Å². The van der Waals surface area contributed by atoms with Crippen LogP contribution in [-0.2, 0) is 20.4 Å². The van der Waals surface area contributed by atoms with Gasteiger partial charge in [-0.15, -0.1) is 0 Å². The molecular formula is C16H23O3S+. The van der Waals surface area contributed by atoms with E-state index in [2.05, 4.69) is 12.1 Å². The van der Waals surface area contributed by atoms with Gasteiger partial charge in [-0.3, -0.25) is 4.79 Å². The van der Waals surface area contributed by atoms with E-state index in [9.17, 15) is 4.79 Å². The van der Waals surface area contributed by atoms with Crippen LogP contribution < -0.4 is 4.74 Å². The fraction of sp³-hybridized carbons (Fsp3) is 0.562. The fourth-order valence-electron chi connectivity index (χ4n) is 1.85. The second kappa shape index (κ2) is 6.64. The number of hydrogen-bond acceptors (Lipinski definition) is 3. The second-order valence-corrected chi connectivity index (χ2v) is 7.89. The summed E-state index contributed by atoms with van der Waals surface area (Å²) < 4.78 is 10.8. The van der Waals surface area contributed by atoms with Crippen LogP contribution in [0.5, 0.6) is 5.75 Å². The Bertz CT molecular complexity index is 447. The van der Waals surface area contributed by atoms with E-state index in [-0.39, 0.29) is 16.9 Å². The molecule has 0 bridgehead atoms. The van der Waals surface area contributed by atoms with Gasteiger partial charge in [0.2, 0.25) is 0 Å². The summed E-state index contributed by atoms with van der Waals surface area (Å²) in [6, 6.07) is 7.97. The quantitative estimate of drug-likeness (QED) is 0.486. The highest BCUT2D eigenvalue weighted by Gasteiger charge is 2.28. The van der Waals surface area contributed by atoms with Crippen molar-refractivity contribution < 1.29 is 14.3 Å². The van der Waals surface area contributed by atoms with E-state index in [1.165, 1.54) is 4.90 Å². The molecule has 1 aliphatic rings. The largest absolute Gasteiger partial charge is 0.426 e. The van der Waals surface area contributed by atoms with Crippen molar-refractivity contribution in [3.63, 3.8) is 0 Å². The van der Waals surface area contributed by atoms with Crippen LogP contribution in [0.4, 0.5) is 0 Å². The van der Waals surface area contributed by atoms with Crippen molar-refractivity contribution in [3.05, 3.63) is 24.3 Å². The Kier molecular flexibility index (Phi) is 5.11. The molecule has 0 spiro atoms. The van der Waals surface area contributed by atoms with E-state index < -0.39 is 5.41 Å². The van der Waals surface area contributed by atoms with Gasteiger partial charge in [0.25, 0.3) is 0 Å². The lowest BCUT2D eigenvalue weighted by Gasteiger charge is -2.20. The summed E-state index contributed by atoms with van der Waals surface area (Å²) >= 11 is 0. The predicted octanol–water partition coefficient (Wildman–Crippen LogP) is 3.04. The Hall–Kier alpha value is -1.00. The SMILES string of the molecule is CCC(C)(C)C(=O)Oc1ccc([S+]2CCOCC2)cc1. The van der Waals surface area contributed by atoms with Crippen LogP contribution in [0.3, 0.4) is 0 Å². The van der Waals surface area contributed by atoms with Crippen LogP contribution in [-0.4, -0.2) is 30.7 Å². The van der Waals surface area contributed by atoms with Crippen LogP contribution in [0.25, 0.3) is 0 Å². The van der Waals surface area contributed by atoms with Gasteiger partial charge in [0.05, 0.1) is 18.6 Å². The lowest BCUT2D eigenvalue weighted by atomic mass is 9.91. The van der Waals surface area contributed by atoms with Gasteiger partial charge in [0.15, 0.2) is 4.90 Å². The average molecular weight is 295 g/mol. The molecule has 0 aliphatic carbocycles. The van der Waals surface area contributed by atoms with Crippen molar-refractivity contribution in [2.75, 3.05) is 24.7 Å². The summed E-state index contributed by atoms with van der Waals surface area (Å²) in [5, 5.41) is 0. The molecule has 20 heavy (non-hydrogen) atoms. The zero-order valence-corrected chi connectivity index (χ0v) is 13.3. The zero-order chi connectivity index (χ0) is 14.6. The second-order valence-electron chi connectivity index (χ2n) is 5.61. The van der Waals surface area contributed by atoms with Gasteiger partial charge in [-0.25, -0.2) is 0 Å². The Morgan fingerprint density at radius 3 is 2.40 bits per heavy atom. The molecule has 1 heterocycles. The van der Waals surface area contributed by atoms with Crippen molar-refractivity contribution in [3.8, 4) is 5.75 Å². The van der Waals surface area contributed by atoms with Crippen LogP contribution in [0.2, 0.25) is 0 Å². The van der Waals surface area contributed by atoms with Gasteiger partial charge >= 0.3 is 5.97 Å². The molecule has 1 aromatic carbocycles. The highest BCUT2D eigenvalue weighted by Crippen LogP contribution is 2.25. The molecule has 1 fully saturated rings. The number of carbonyl (C=O) groups is 1. The minimum Gasteiger partial charge on any atom is -0.426 e. The van der Waals surface area contributed by atoms with Crippen molar-refractivity contribution >= 4 is 16.9 Å². The standard InChI is InChI=1S/C16H23O3S/c1-4-16(2,3)15(17)19-13-5-7-14(8-6-13)20-11-9-18-10-12-20/h5-8H,4,9-12H2,1-3H3/q+1. The van der Waals surface area contributed by atoms with Crippen molar-refractivity contribution in [2.45, 2.75) is 32.1 Å². The predicted molar refractivity (Wildman–Crippen MR) is 82.3 cm³/mol. The van der Waals surface area contributed by atoms with E-state index in [0.717, 1.165) is 31.1 Å². The molecule has 1 saturated heterocycles.